The number of amidine groups is 1. The molecule has 0 fully saturated rings. The summed E-state index contributed by atoms with van der Waals surface area (Å²) in [6.45, 7) is 1.07. The first-order valence-corrected chi connectivity index (χ1v) is 7.88. The molecule has 2 aromatic carbocycles. The maximum absolute atomic E-state index is 12.4. The molecule has 0 aliphatic carbocycles. The number of carbonyl (C=O) groups is 1. The summed E-state index contributed by atoms with van der Waals surface area (Å²) in [5, 5.41) is 1.24. The van der Waals surface area contributed by atoms with Crippen LogP contribution in [0.25, 0.3) is 0 Å². The molecule has 3 rings (SSSR count). The molecular weight excluding hydrogens is 335 g/mol. The molecule has 0 bridgehead atoms. The average molecular weight is 349 g/mol. The number of aliphatic imine (C=N–C) groups is 1. The van der Waals surface area contributed by atoms with Crippen molar-refractivity contribution < 1.29 is 9.53 Å². The van der Waals surface area contributed by atoms with Gasteiger partial charge in [-0.05, 0) is 36.4 Å². The van der Waals surface area contributed by atoms with Gasteiger partial charge in [-0.25, -0.2) is 0 Å². The minimum Gasteiger partial charge on any atom is -0.484 e. The summed E-state index contributed by atoms with van der Waals surface area (Å²) in [6.07, 6.45) is 0. The fraction of sp³-hybridized carbons (Fsp3) is 0.176. The predicted molar refractivity (Wildman–Crippen MR) is 91.5 cm³/mol. The zero-order chi connectivity index (χ0) is 16.2. The third-order valence-corrected chi connectivity index (χ3v) is 3.89. The first kappa shape index (κ1) is 15.8. The molecule has 0 saturated heterocycles. The monoisotopic (exact) mass is 348 g/mol. The van der Waals surface area contributed by atoms with Gasteiger partial charge in [-0.15, -0.1) is 0 Å². The fourth-order valence-electron chi connectivity index (χ4n) is 2.32. The topological polar surface area (TPSA) is 41.9 Å². The lowest BCUT2D eigenvalue weighted by molar-refractivity contribution is -0.129. The van der Waals surface area contributed by atoms with Crippen molar-refractivity contribution in [2.24, 2.45) is 4.99 Å². The van der Waals surface area contributed by atoms with Crippen molar-refractivity contribution in [2.75, 3.05) is 19.7 Å². The van der Waals surface area contributed by atoms with Crippen molar-refractivity contribution in [2.45, 2.75) is 0 Å². The Kier molecular flexibility index (Phi) is 4.84. The van der Waals surface area contributed by atoms with Crippen LogP contribution in [0.1, 0.15) is 5.56 Å². The van der Waals surface area contributed by atoms with Gasteiger partial charge in [-0.1, -0.05) is 35.3 Å². The van der Waals surface area contributed by atoms with E-state index in [0.717, 1.165) is 5.56 Å². The van der Waals surface area contributed by atoms with E-state index in [1.807, 2.05) is 12.1 Å². The van der Waals surface area contributed by atoms with Gasteiger partial charge in [0.1, 0.15) is 11.6 Å². The lowest BCUT2D eigenvalue weighted by Gasteiger charge is -2.19. The summed E-state index contributed by atoms with van der Waals surface area (Å²) in [5.74, 6) is 1.09. The number of carbonyl (C=O) groups excluding carboxylic acids is 1. The zero-order valence-corrected chi connectivity index (χ0v) is 13.7. The summed E-state index contributed by atoms with van der Waals surface area (Å²) in [6, 6.07) is 14.2. The van der Waals surface area contributed by atoms with Crippen LogP contribution in [-0.2, 0) is 4.79 Å². The van der Waals surface area contributed by atoms with E-state index < -0.39 is 0 Å². The van der Waals surface area contributed by atoms with Gasteiger partial charge in [0.2, 0.25) is 0 Å². The van der Waals surface area contributed by atoms with Gasteiger partial charge in [0.15, 0.2) is 6.61 Å². The maximum atomic E-state index is 12.4. The molecular formula is C17H14Cl2N2O2. The molecule has 1 aliphatic rings. The van der Waals surface area contributed by atoms with Crippen molar-refractivity contribution in [1.82, 2.24) is 4.90 Å². The number of halogens is 2. The lowest BCUT2D eigenvalue weighted by atomic mass is 10.2. The van der Waals surface area contributed by atoms with E-state index >= 15 is 0 Å². The highest BCUT2D eigenvalue weighted by atomic mass is 35.5. The SMILES string of the molecule is O=C(COc1ccc(Cl)cc1)N1CCN=C1c1cccc(Cl)c1. The second kappa shape index (κ2) is 7.02. The minimum atomic E-state index is -0.142. The number of hydrogen-bond acceptors (Lipinski definition) is 3. The number of rotatable bonds is 4. The molecule has 23 heavy (non-hydrogen) atoms. The van der Waals surface area contributed by atoms with E-state index in [0.29, 0.717) is 34.7 Å². The smallest absolute Gasteiger partial charge is 0.266 e. The van der Waals surface area contributed by atoms with Gasteiger partial charge >= 0.3 is 0 Å². The molecule has 1 aliphatic heterocycles. The van der Waals surface area contributed by atoms with Crippen LogP contribution in [0.4, 0.5) is 0 Å². The molecule has 0 atom stereocenters. The summed E-state index contributed by atoms with van der Waals surface area (Å²) in [4.78, 5) is 18.4. The quantitative estimate of drug-likeness (QED) is 0.845. The van der Waals surface area contributed by atoms with Crippen LogP contribution in [0.3, 0.4) is 0 Å². The Morgan fingerprint density at radius 2 is 1.91 bits per heavy atom. The third kappa shape index (κ3) is 3.84. The Morgan fingerprint density at radius 1 is 1.13 bits per heavy atom. The van der Waals surface area contributed by atoms with E-state index in [-0.39, 0.29) is 12.5 Å². The number of amides is 1. The lowest BCUT2D eigenvalue weighted by Crippen LogP contribution is -2.38. The van der Waals surface area contributed by atoms with Crippen molar-refractivity contribution in [3.05, 3.63) is 64.1 Å². The molecule has 1 amide bonds. The summed E-state index contributed by atoms with van der Waals surface area (Å²) in [5.41, 5.74) is 0.829. The van der Waals surface area contributed by atoms with Crippen LogP contribution in [0.2, 0.25) is 10.0 Å². The number of hydrogen-bond donors (Lipinski definition) is 0. The van der Waals surface area contributed by atoms with Crippen LogP contribution < -0.4 is 4.74 Å². The maximum Gasteiger partial charge on any atom is 0.266 e. The largest absolute Gasteiger partial charge is 0.484 e. The molecule has 118 valence electrons. The van der Waals surface area contributed by atoms with Crippen molar-refractivity contribution >= 4 is 34.9 Å². The summed E-state index contributed by atoms with van der Waals surface area (Å²) >= 11 is 11.8. The van der Waals surface area contributed by atoms with Gasteiger partial charge < -0.3 is 4.74 Å². The second-order valence-electron chi connectivity index (χ2n) is 5.00. The highest BCUT2D eigenvalue weighted by Crippen LogP contribution is 2.18. The highest BCUT2D eigenvalue weighted by molar-refractivity contribution is 6.31. The van der Waals surface area contributed by atoms with Gasteiger partial charge in [-0.3, -0.25) is 14.7 Å². The molecule has 0 saturated carbocycles. The van der Waals surface area contributed by atoms with E-state index in [9.17, 15) is 4.79 Å². The Balaban J connectivity index is 1.67. The zero-order valence-electron chi connectivity index (χ0n) is 12.2. The molecule has 0 radical (unpaired) electrons. The van der Waals surface area contributed by atoms with Gasteiger partial charge in [0.05, 0.1) is 6.54 Å². The van der Waals surface area contributed by atoms with E-state index in [2.05, 4.69) is 4.99 Å². The Hall–Kier alpha value is -2.04. The molecule has 0 N–H and O–H groups in total. The standard InChI is InChI=1S/C17H14Cl2N2O2/c18-13-4-6-15(7-5-13)23-11-16(22)21-9-8-20-17(21)12-2-1-3-14(19)10-12/h1-7,10H,8-9,11H2. The number of benzene rings is 2. The van der Waals surface area contributed by atoms with E-state index in [1.54, 1.807) is 41.3 Å². The Bertz CT molecular complexity index is 745. The molecule has 0 aromatic heterocycles. The van der Waals surface area contributed by atoms with E-state index in [1.165, 1.54) is 0 Å². The van der Waals surface area contributed by atoms with Crippen LogP contribution >= 0.6 is 23.2 Å². The Labute approximate surface area is 144 Å². The average Bonchev–Trinajstić information content (AvgIpc) is 3.04. The van der Waals surface area contributed by atoms with Crippen molar-refractivity contribution in [3.8, 4) is 5.75 Å². The third-order valence-electron chi connectivity index (χ3n) is 3.40. The van der Waals surface area contributed by atoms with Crippen molar-refractivity contribution in [3.63, 3.8) is 0 Å². The molecule has 2 aromatic rings. The molecule has 0 unspecified atom stereocenters. The van der Waals surface area contributed by atoms with Crippen LogP contribution in [0.5, 0.6) is 5.75 Å². The predicted octanol–water partition coefficient (Wildman–Crippen LogP) is 3.66. The first-order chi connectivity index (χ1) is 11.1. The molecule has 4 nitrogen and oxygen atoms in total. The van der Waals surface area contributed by atoms with Gasteiger partial charge in [-0.2, -0.15) is 0 Å². The van der Waals surface area contributed by atoms with Gasteiger partial charge in [0.25, 0.3) is 5.91 Å². The van der Waals surface area contributed by atoms with Crippen LogP contribution in [-0.4, -0.2) is 36.3 Å². The molecule has 0 spiro atoms. The molecule has 6 heteroatoms. The normalized spacial score (nSPS) is 13.8. The van der Waals surface area contributed by atoms with Crippen LogP contribution in [0.15, 0.2) is 53.5 Å². The molecule has 1 heterocycles. The number of ether oxygens (including phenoxy) is 1. The van der Waals surface area contributed by atoms with Gasteiger partial charge in [0, 0.05) is 22.2 Å². The summed E-state index contributed by atoms with van der Waals surface area (Å²) < 4.78 is 5.51. The minimum absolute atomic E-state index is 0.0543. The van der Waals surface area contributed by atoms with E-state index in [4.69, 9.17) is 27.9 Å². The first-order valence-electron chi connectivity index (χ1n) is 7.12. The van der Waals surface area contributed by atoms with Crippen LogP contribution in [0, 0.1) is 0 Å². The highest BCUT2D eigenvalue weighted by Gasteiger charge is 2.25. The van der Waals surface area contributed by atoms with Crippen molar-refractivity contribution in [1.29, 1.82) is 0 Å². The second-order valence-corrected chi connectivity index (χ2v) is 5.88. The summed E-state index contributed by atoms with van der Waals surface area (Å²) in [7, 11) is 0. The fourth-order valence-corrected chi connectivity index (χ4v) is 2.63. The Morgan fingerprint density at radius 3 is 2.65 bits per heavy atom. The number of nitrogens with zero attached hydrogens (tertiary/aromatic N) is 2.